The summed E-state index contributed by atoms with van der Waals surface area (Å²) in [6.07, 6.45) is 1.69. The van der Waals surface area contributed by atoms with E-state index in [4.69, 9.17) is 11.6 Å². The predicted molar refractivity (Wildman–Crippen MR) is 86.3 cm³/mol. The average molecular weight is 295 g/mol. The molecule has 3 aromatic rings. The summed E-state index contributed by atoms with van der Waals surface area (Å²) in [5, 5.41) is 0.493. The molecule has 0 saturated heterocycles. The van der Waals surface area contributed by atoms with Gasteiger partial charge in [0.15, 0.2) is 0 Å². The van der Waals surface area contributed by atoms with E-state index in [9.17, 15) is 0 Å². The third kappa shape index (κ3) is 3.67. The fraction of sp³-hybridized carbons (Fsp3) is 0.111. The molecule has 2 aromatic carbocycles. The Balaban J connectivity index is 1.82. The molecule has 0 atom stereocenters. The van der Waals surface area contributed by atoms with Crippen LogP contribution >= 0.6 is 11.6 Å². The molecule has 1 heterocycles. The van der Waals surface area contributed by atoms with Gasteiger partial charge in [-0.15, -0.1) is 0 Å². The highest BCUT2D eigenvalue weighted by Gasteiger charge is 2.06. The lowest BCUT2D eigenvalue weighted by Gasteiger charge is -2.05. The summed E-state index contributed by atoms with van der Waals surface area (Å²) in [5.41, 5.74) is 3.21. The third-order valence-electron chi connectivity index (χ3n) is 3.29. The summed E-state index contributed by atoms with van der Waals surface area (Å²) in [4.78, 5) is 8.95. The lowest BCUT2D eigenvalue weighted by molar-refractivity contribution is 0.860. The Bertz CT molecular complexity index is 712. The molecule has 0 amide bonds. The van der Waals surface area contributed by atoms with Crippen LogP contribution in [0.5, 0.6) is 0 Å². The van der Waals surface area contributed by atoms with Gasteiger partial charge in [-0.1, -0.05) is 72.3 Å². The molecule has 0 fully saturated rings. The van der Waals surface area contributed by atoms with Gasteiger partial charge in [0.05, 0.1) is 5.69 Å². The molecule has 0 N–H and O–H groups in total. The van der Waals surface area contributed by atoms with Gasteiger partial charge in [0.1, 0.15) is 11.0 Å². The molecule has 0 aliphatic rings. The van der Waals surface area contributed by atoms with Gasteiger partial charge in [0.25, 0.3) is 0 Å². The molecule has 21 heavy (non-hydrogen) atoms. The lowest BCUT2D eigenvalue weighted by Crippen LogP contribution is -2.00. The topological polar surface area (TPSA) is 25.8 Å². The Morgan fingerprint density at radius 3 is 2.14 bits per heavy atom. The van der Waals surface area contributed by atoms with Gasteiger partial charge >= 0.3 is 0 Å². The van der Waals surface area contributed by atoms with Crippen LogP contribution in [-0.4, -0.2) is 9.97 Å². The molecular weight excluding hydrogens is 280 g/mol. The van der Waals surface area contributed by atoms with E-state index in [1.807, 2.05) is 54.6 Å². The largest absolute Gasteiger partial charge is 0.233 e. The van der Waals surface area contributed by atoms with Crippen LogP contribution in [0.2, 0.25) is 5.15 Å². The van der Waals surface area contributed by atoms with Crippen molar-refractivity contribution in [1.82, 2.24) is 9.97 Å². The van der Waals surface area contributed by atoms with Crippen LogP contribution in [0.1, 0.15) is 11.4 Å². The fourth-order valence-corrected chi connectivity index (χ4v) is 2.44. The second-order valence-corrected chi connectivity index (χ2v) is 5.23. The van der Waals surface area contributed by atoms with Crippen molar-refractivity contribution in [1.29, 1.82) is 0 Å². The molecule has 0 radical (unpaired) electrons. The molecule has 0 saturated carbocycles. The van der Waals surface area contributed by atoms with E-state index in [-0.39, 0.29) is 0 Å². The summed E-state index contributed by atoms with van der Waals surface area (Å²) < 4.78 is 0. The molecule has 2 nitrogen and oxygen atoms in total. The first-order valence-electron chi connectivity index (χ1n) is 6.94. The summed E-state index contributed by atoms with van der Waals surface area (Å²) in [6.45, 7) is 0. The number of hydrogen-bond acceptors (Lipinski definition) is 2. The molecule has 0 aliphatic heterocycles. The molecule has 1 aromatic heterocycles. The molecule has 3 rings (SSSR count). The molecule has 104 valence electrons. The van der Waals surface area contributed by atoms with Gasteiger partial charge in [0, 0.05) is 18.1 Å². The maximum Gasteiger partial charge on any atom is 0.133 e. The minimum Gasteiger partial charge on any atom is -0.233 e. The third-order valence-corrected chi connectivity index (χ3v) is 3.48. The van der Waals surface area contributed by atoms with E-state index in [1.165, 1.54) is 5.56 Å². The number of nitrogens with zero attached hydrogens (tertiary/aromatic N) is 2. The van der Waals surface area contributed by atoms with Crippen molar-refractivity contribution in [2.24, 2.45) is 0 Å². The van der Waals surface area contributed by atoms with Crippen molar-refractivity contribution in [3.05, 3.63) is 83.3 Å². The number of aryl methyl sites for hydroxylation is 2. The van der Waals surface area contributed by atoms with Gasteiger partial charge in [-0.05, 0) is 12.0 Å². The molecule has 0 bridgehead atoms. The number of rotatable bonds is 4. The van der Waals surface area contributed by atoms with Gasteiger partial charge in [-0.25, -0.2) is 9.97 Å². The first-order chi connectivity index (χ1) is 10.3. The zero-order valence-corrected chi connectivity index (χ0v) is 12.3. The van der Waals surface area contributed by atoms with Crippen molar-refractivity contribution in [3.8, 4) is 11.3 Å². The first-order valence-corrected chi connectivity index (χ1v) is 7.32. The maximum absolute atomic E-state index is 6.13. The van der Waals surface area contributed by atoms with Gasteiger partial charge in [-0.2, -0.15) is 0 Å². The smallest absolute Gasteiger partial charge is 0.133 e. The van der Waals surface area contributed by atoms with E-state index < -0.39 is 0 Å². The van der Waals surface area contributed by atoms with Gasteiger partial charge < -0.3 is 0 Å². The van der Waals surface area contributed by atoms with Crippen molar-refractivity contribution in [2.45, 2.75) is 12.8 Å². The Hall–Kier alpha value is -2.19. The van der Waals surface area contributed by atoms with Crippen molar-refractivity contribution < 1.29 is 0 Å². The molecule has 0 spiro atoms. The number of aromatic nitrogens is 2. The highest BCUT2D eigenvalue weighted by atomic mass is 35.5. The summed E-state index contributed by atoms with van der Waals surface area (Å²) in [7, 11) is 0. The van der Waals surface area contributed by atoms with Crippen LogP contribution in [0.25, 0.3) is 11.3 Å². The van der Waals surface area contributed by atoms with E-state index in [1.54, 1.807) is 0 Å². The van der Waals surface area contributed by atoms with E-state index in [0.717, 1.165) is 29.9 Å². The minimum absolute atomic E-state index is 0.493. The van der Waals surface area contributed by atoms with Crippen LogP contribution in [0.3, 0.4) is 0 Å². The van der Waals surface area contributed by atoms with E-state index in [2.05, 4.69) is 22.1 Å². The second-order valence-electron chi connectivity index (χ2n) is 4.84. The number of benzene rings is 2. The van der Waals surface area contributed by atoms with Gasteiger partial charge in [0.2, 0.25) is 0 Å². The van der Waals surface area contributed by atoms with E-state index in [0.29, 0.717) is 5.15 Å². The highest BCUT2D eigenvalue weighted by molar-refractivity contribution is 6.29. The normalized spacial score (nSPS) is 10.5. The number of hydrogen-bond donors (Lipinski definition) is 0. The van der Waals surface area contributed by atoms with Crippen molar-refractivity contribution in [3.63, 3.8) is 0 Å². The summed E-state index contributed by atoms with van der Waals surface area (Å²) >= 11 is 6.13. The minimum atomic E-state index is 0.493. The lowest BCUT2D eigenvalue weighted by atomic mass is 10.1. The van der Waals surface area contributed by atoms with Crippen molar-refractivity contribution >= 4 is 11.6 Å². The molecule has 0 unspecified atom stereocenters. The zero-order valence-electron chi connectivity index (χ0n) is 11.5. The Labute approximate surface area is 129 Å². The highest BCUT2D eigenvalue weighted by Crippen LogP contribution is 2.20. The SMILES string of the molecule is Clc1cc(-c2ccccc2)nc(CCc2ccccc2)n1. The van der Waals surface area contributed by atoms with Crippen LogP contribution in [0.4, 0.5) is 0 Å². The van der Waals surface area contributed by atoms with Gasteiger partial charge in [-0.3, -0.25) is 0 Å². The maximum atomic E-state index is 6.13. The first kappa shape index (κ1) is 13.8. The van der Waals surface area contributed by atoms with Crippen LogP contribution in [0.15, 0.2) is 66.7 Å². The van der Waals surface area contributed by atoms with E-state index >= 15 is 0 Å². The Morgan fingerprint density at radius 1 is 0.762 bits per heavy atom. The fourth-order valence-electron chi connectivity index (χ4n) is 2.23. The van der Waals surface area contributed by atoms with Crippen LogP contribution in [0, 0.1) is 0 Å². The van der Waals surface area contributed by atoms with Crippen LogP contribution in [-0.2, 0) is 12.8 Å². The number of halogens is 1. The quantitative estimate of drug-likeness (QED) is 0.658. The average Bonchev–Trinajstić information content (AvgIpc) is 2.54. The Morgan fingerprint density at radius 2 is 1.43 bits per heavy atom. The molecular formula is C18H15ClN2. The zero-order chi connectivity index (χ0) is 14.5. The van der Waals surface area contributed by atoms with Crippen LogP contribution < -0.4 is 0 Å². The summed E-state index contributed by atoms with van der Waals surface area (Å²) in [6, 6.07) is 22.2. The van der Waals surface area contributed by atoms with Crippen molar-refractivity contribution in [2.75, 3.05) is 0 Å². The second kappa shape index (κ2) is 6.51. The molecule has 3 heteroatoms. The Kier molecular flexibility index (Phi) is 4.27. The monoisotopic (exact) mass is 294 g/mol. The summed E-state index contributed by atoms with van der Waals surface area (Å²) in [5.74, 6) is 0.783. The predicted octanol–water partition coefficient (Wildman–Crippen LogP) is 4.58. The standard InChI is InChI=1S/C18H15ClN2/c19-17-13-16(15-9-5-2-6-10-15)20-18(21-17)12-11-14-7-3-1-4-8-14/h1-10,13H,11-12H2. The molecule has 0 aliphatic carbocycles.